The Labute approximate surface area is 177 Å². The second kappa shape index (κ2) is 8.07. The van der Waals surface area contributed by atoms with Crippen molar-refractivity contribution in [1.29, 1.82) is 0 Å². The molecule has 29 heavy (non-hydrogen) atoms. The lowest BCUT2D eigenvalue weighted by molar-refractivity contribution is 0.101. The van der Waals surface area contributed by atoms with Crippen LogP contribution in [0.15, 0.2) is 72.8 Å². The number of rotatable bonds is 4. The van der Waals surface area contributed by atoms with Gasteiger partial charge >= 0.3 is 0 Å². The number of aryl methyl sites for hydroxylation is 1. The van der Waals surface area contributed by atoms with Gasteiger partial charge in [0.25, 0.3) is 5.91 Å². The lowest BCUT2D eigenvalue weighted by atomic mass is 10.2. The average molecular weight is 423 g/mol. The quantitative estimate of drug-likeness (QED) is 0.451. The zero-order valence-electron chi connectivity index (χ0n) is 15.4. The summed E-state index contributed by atoms with van der Waals surface area (Å²) in [5.74, 6) is 0.142. The Kier molecular flexibility index (Phi) is 5.34. The number of nitrogens with one attached hydrogen (secondary N) is 1. The Bertz CT molecular complexity index is 1190. The van der Waals surface area contributed by atoms with Crippen LogP contribution in [0.25, 0.3) is 17.1 Å². The normalized spacial score (nSPS) is 10.7. The number of carbonyl (C=O) groups is 1. The molecule has 0 bridgehead atoms. The molecule has 0 aliphatic heterocycles. The number of benzene rings is 3. The summed E-state index contributed by atoms with van der Waals surface area (Å²) in [7, 11) is 0. The second-order valence-electron chi connectivity index (χ2n) is 6.43. The van der Waals surface area contributed by atoms with E-state index in [1.807, 2.05) is 55.5 Å². The van der Waals surface area contributed by atoms with Gasteiger partial charge in [-0.15, -0.1) is 5.10 Å². The summed E-state index contributed by atoms with van der Waals surface area (Å²) in [6, 6.07) is 22.1. The lowest BCUT2D eigenvalue weighted by Crippen LogP contribution is -2.15. The van der Waals surface area contributed by atoms with Crippen LogP contribution in [0.3, 0.4) is 0 Å². The van der Waals surface area contributed by atoms with Gasteiger partial charge in [0.05, 0.1) is 5.69 Å². The summed E-state index contributed by atoms with van der Waals surface area (Å²) in [6.07, 6.45) is 0. The molecule has 0 unspecified atom stereocenters. The highest BCUT2D eigenvalue weighted by Gasteiger charge is 2.19. The van der Waals surface area contributed by atoms with Crippen molar-refractivity contribution in [3.63, 3.8) is 0 Å². The summed E-state index contributed by atoms with van der Waals surface area (Å²) in [4.78, 5) is 17.3. The molecule has 1 N–H and O–H groups in total. The van der Waals surface area contributed by atoms with E-state index in [0.29, 0.717) is 21.6 Å². The standard InChI is InChI=1S/C22H16Cl2N4O/c1-14-10-11-17(24)13-19(14)25-22(29)20-26-21(15-6-5-7-16(23)12-15)28(27-20)18-8-3-2-4-9-18/h2-13H,1H3,(H,25,29). The minimum absolute atomic E-state index is 0.0446. The van der Waals surface area contributed by atoms with Crippen LogP contribution in [-0.2, 0) is 0 Å². The molecule has 5 nitrogen and oxygen atoms in total. The molecule has 144 valence electrons. The molecule has 1 heterocycles. The molecule has 0 spiro atoms. The third-order valence-electron chi connectivity index (χ3n) is 4.34. The summed E-state index contributed by atoms with van der Waals surface area (Å²) in [5.41, 5.74) is 3.04. The smallest absolute Gasteiger partial charge is 0.295 e. The first-order chi connectivity index (χ1) is 14.0. The van der Waals surface area contributed by atoms with Crippen molar-refractivity contribution in [3.05, 3.63) is 94.2 Å². The molecule has 4 rings (SSSR count). The Morgan fingerprint density at radius 3 is 2.45 bits per heavy atom. The minimum atomic E-state index is -0.423. The van der Waals surface area contributed by atoms with Crippen LogP contribution in [0.1, 0.15) is 16.2 Å². The van der Waals surface area contributed by atoms with Gasteiger partial charge in [-0.1, -0.05) is 59.6 Å². The zero-order chi connectivity index (χ0) is 20.4. The molecule has 0 aliphatic rings. The van der Waals surface area contributed by atoms with E-state index in [1.165, 1.54) is 0 Å². The molecule has 0 saturated carbocycles. The van der Waals surface area contributed by atoms with E-state index in [2.05, 4.69) is 15.4 Å². The Morgan fingerprint density at radius 1 is 0.931 bits per heavy atom. The Morgan fingerprint density at radius 2 is 1.69 bits per heavy atom. The molecule has 4 aromatic rings. The second-order valence-corrected chi connectivity index (χ2v) is 7.30. The van der Waals surface area contributed by atoms with Crippen molar-refractivity contribution in [2.45, 2.75) is 6.92 Å². The van der Waals surface area contributed by atoms with Gasteiger partial charge in [0.1, 0.15) is 0 Å². The highest BCUT2D eigenvalue weighted by Crippen LogP contribution is 2.25. The minimum Gasteiger partial charge on any atom is -0.319 e. The first-order valence-electron chi connectivity index (χ1n) is 8.87. The molecule has 0 saturated heterocycles. The van der Waals surface area contributed by atoms with Crippen LogP contribution in [0.5, 0.6) is 0 Å². The molecule has 7 heteroatoms. The van der Waals surface area contributed by atoms with Crippen molar-refractivity contribution in [2.75, 3.05) is 5.32 Å². The summed E-state index contributed by atoms with van der Waals surface area (Å²) < 4.78 is 1.63. The van der Waals surface area contributed by atoms with Gasteiger partial charge in [-0.05, 0) is 48.9 Å². The molecule has 1 amide bonds. The number of hydrogen-bond donors (Lipinski definition) is 1. The van der Waals surface area contributed by atoms with Crippen LogP contribution >= 0.6 is 23.2 Å². The summed E-state index contributed by atoms with van der Waals surface area (Å²) >= 11 is 12.2. The number of carbonyl (C=O) groups excluding carboxylic acids is 1. The molecule has 0 aliphatic carbocycles. The molecular weight excluding hydrogens is 407 g/mol. The lowest BCUT2D eigenvalue weighted by Gasteiger charge is -2.06. The fourth-order valence-electron chi connectivity index (χ4n) is 2.88. The maximum absolute atomic E-state index is 12.9. The van der Waals surface area contributed by atoms with Gasteiger partial charge in [-0.2, -0.15) is 0 Å². The topological polar surface area (TPSA) is 59.8 Å². The molecule has 3 aromatic carbocycles. The predicted molar refractivity (Wildman–Crippen MR) is 116 cm³/mol. The van der Waals surface area contributed by atoms with E-state index in [1.54, 1.807) is 28.9 Å². The fourth-order valence-corrected chi connectivity index (χ4v) is 3.24. The number of anilines is 1. The third kappa shape index (κ3) is 4.16. The number of nitrogens with zero attached hydrogens (tertiary/aromatic N) is 3. The van der Waals surface area contributed by atoms with Gasteiger partial charge < -0.3 is 5.32 Å². The van der Waals surface area contributed by atoms with Crippen molar-refractivity contribution in [3.8, 4) is 17.1 Å². The third-order valence-corrected chi connectivity index (χ3v) is 4.81. The van der Waals surface area contributed by atoms with Gasteiger partial charge in [0.2, 0.25) is 5.82 Å². The number of para-hydroxylation sites is 1. The molecule has 0 radical (unpaired) electrons. The van der Waals surface area contributed by atoms with E-state index in [0.717, 1.165) is 16.8 Å². The average Bonchev–Trinajstić information content (AvgIpc) is 3.17. The predicted octanol–water partition coefficient (Wildman–Crippen LogP) is 5.80. The number of hydrogen-bond acceptors (Lipinski definition) is 3. The van der Waals surface area contributed by atoms with Gasteiger partial charge in [-0.3, -0.25) is 4.79 Å². The SMILES string of the molecule is Cc1ccc(Cl)cc1NC(=O)c1nc(-c2cccc(Cl)c2)n(-c2ccccc2)n1. The van der Waals surface area contributed by atoms with Crippen molar-refractivity contribution in [2.24, 2.45) is 0 Å². The fraction of sp³-hybridized carbons (Fsp3) is 0.0455. The summed E-state index contributed by atoms with van der Waals surface area (Å²) in [6.45, 7) is 1.89. The maximum atomic E-state index is 12.9. The van der Waals surface area contributed by atoms with E-state index >= 15 is 0 Å². The van der Waals surface area contributed by atoms with E-state index in [-0.39, 0.29) is 5.82 Å². The maximum Gasteiger partial charge on any atom is 0.295 e. The number of aromatic nitrogens is 3. The van der Waals surface area contributed by atoms with Crippen LogP contribution in [0.2, 0.25) is 10.0 Å². The highest BCUT2D eigenvalue weighted by molar-refractivity contribution is 6.31. The van der Waals surface area contributed by atoms with Crippen LogP contribution in [-0.4, -0.2) is 20.7 Å². The van der Waals surface area contributed by atoms with E-state index < -0.39 is 5.91 Å². The van der Waals surface area contributed by atoms with Crippen LogP contribution in [0.4, 0.5) is 5.69 Å². The van der Waals surface area contributed by atoms with Gasteiger partial charge in [-0.25, -0.2) is 9.67 Å². The van der Waals surface area contributed by atoms with Crippen LogP contribution in [0, 0.1) is 6.92 Å². The van der Waals surface area contributed by atoms with E-state index in [9.17, 15) is 4.79 Å². The highest BCUT2D eigenvalue weighted by atomic mass is 35.5. The monoisotopic (exact) mass is 422 g/mol. The molecule has 0 atom stereocenters. The van der Waals surface area contributed by atoms with Crippen molar-refractivity contribution >= 4 is 34.8 Å². The zero-order valence-corrected chi connectivity index (χ0v) is 16.9. The van der Waals surface area contributed by atoms with Gasteiger partial charge in [0.15, 0.2) is 5.82 Å². The molecule has 1 aromatic heterocycles. The first kappa shape index (κ1) is 19.2. The number of amides is 1. The van der Waals surface area contributed by atoms with E-state index in [4.69, 9.17) is 23.2 Å². The summed E-state index contributed by atoms with van der Waals surface area (Å²) in [5, 5.41) is 8.40. The van der Waals surface area contributed by atoms with Gasteiger partial charge in [0, 0.05) is 21.3 Å². The number of halogens is 2. The van der Waals surface area contributed by atoms with Crippen LogP contribution < -0.4 is 5.32 Å². The Hall–Kier alpha value is -3.15. The van der Waals surface area contributed by atoms with Crippen molar-refractivity contribution < 1.29 is 4.79 Å². The Balaban J connectivity index is 1.77. The first-order valence-corrected chi connectivity index (χ1v) is 9.63. The molecular formula is C22H16Cl2N4O. The van der Waals surface area contributed by atoms with Crippen molar-refractivity contribution in [1.82, 2.24) is 14.8 Å². The molecule has 0 fully saturated rings. The largest absolute Gasteiger partial charge is 0.319 e.